The highest BCUT2D eigenvalue weighted by Crippen LogP contribution is 2.24. The maximum atomic E-state index is 11.8. The summed E-state index contributed by atoms with van der Waals surface area (Å²) in [6.07, 6.45) is 3.26. The fraction of sp³-hybridized carbons (Fsp3) is 0.467. The summed E-state index contributed by atoms with van der Waals surface area (Å²) in [5, 5.41) is 2.84. The topological polar surface area (TPSA) is 70.7 Å². The van der Waals surface area contributed by atoms with Crippen molar-refractivity contribution in [3.63, 3.8) is 0 Å². The highest BCUT2D eigenvalue weighted by molar-refractivity contribution is 5.94. The molecule has 0 spiro atoms. The number of rotatable bonds is 5. The van der Waals surface area contributed by atoms with Gasteiger partial charge < -0.3 is 16.0 Å². The molecule has 1 amide bonds. The molecule has 1 aliphatic rings. The molecule has 5 heteroatoms. The van der Waals surface area contributed by atoms with Gasteiger partial charge in [-0.15, -0.1) is 0 Å². The van der Waals surface area contributed by atoms with Crippen molar-refractivity contribution < 1.29 is 4.79 Å². The smallest absolute Gasteiger partial charge is 0.246 e. The second kappa shape index (κ2) is 6.41. The third-order valence-electron chi connectivity index (χ3n) is 3.46. The Labute approximate surface area is 119 Å². The Morgan fingerprint density at radius 3 is 2.90 bits per heavy atom. The Hall–Kier alpha value is -2.04. The molecule has 0 bridgehead atoms. The largest absolute Gasteiger partial charge is 0.370 e. The normalized spacial score (nSPS) is 15.0. The first-order valence-corrected chi connectivity index (χ1v) is 7.01. The van der Waals surface area contributed by atoms with Gasteiger partial charge in [0.05, 0.1) is 0 Å². The summed E-state index contributed by atoms with van der Waals surface area (Å²) < 4.78 is 0. The fourth-order valence-electron chi connectivity index (χ4n) is 1.98. The van der Waals surface area contributed by atoms with Crippen LogP contribution >= 0.6 is 0 Å². The maximum absolute atomic E-state index is 11.8. The van der Waals surface area contributed by atoms with Crippen molar-refractivity contribution in [2.45, 2.75) is 32.2 Å². The molecule has 1 fully saturated rings. The van der Waals surface area contributed by atoms with Crippen molar-refractivity contribution >= 4 is 17.6 Å². The van der Waals surface area contributed by atoms with Gasteiger partial charge in [0.1, 0.15) is 6.54 Å². The summed E-state index contributed by atoms with van der Waals surface area (Å²) in [5.74, 6) is 0.287. The lowest BCUT2D eigenvalue weighted by Crippen LogP contribution is -2.36. The van der Waals surface area contributed by atoms with Crippen LogP contribution in [0.1, 0.15) is 25.3 Å². The quantitative estimate of drug-likeness (QED) is 0.633. The van der Waals surface area contributed by atoms with Crippen LogP contribution in [0.4, 0.5) is 5.69 Å². The minimum atomic E-state index is -0.148. The molecule has 0 aromatic heterocycles. The average Bonchev–Trinajstić information content (AvgIpc) is 3.28. The van der Waals surface area contributed by atoms with Crippen molar-refractivity contribution in [3.05, 3.63) is 29.8 Å². The van der Waals surface area contributed by atoms with Gasteiger partial charge >= 0.3 is 0 Å². The van der Waals surface area contributed by atoms with Gasteiger partial charge in [-0.2, -0.15) is 0 Å². The van der Waals surface area contributed by atoms with Crippen LogP contribution in [-0.4, -0.2) is 36.4 Å². The predicted molar refractivity (Wildman–Crippen MR) is 81.7 cm³/mol. The molecule has 0 heterocycles. The third kappa shape index (κ3) is 3.98. The van der Waals surface area contributed by atoms with E-state index in [9.17, 15) is 4.79 Å². The summed E-state index contributed by atoms with van der Waals surface area (Å²) in [4.78, 5) is 17.9. The Balaban J connectivity index is 1.86. The van der Waals surface area contributed by atoms with Gasteiger partial charge in [-0.25, -0.2) is 4.99 Å². The first-order chi connectivity index (χ1) is 9.60. The summed E-state index contributed by atoms with van der Waals surface area (Å²) in [7, 11) is 1.92. The van der Waals surface area contributed by atoms with E-state index < -0.39 is 0 Å². The molecular formula is C15H22N4O. The summed E-state index contributed by atoms with van der Waals surface area (Å²) >= 11 is 0. The number of guanidine groups is 1. The number of carbonyl (C=O) groups excluding carboxylic acids is 1. The number of aliphatic imine (C=N–C) groups is 1. The lowest BCUT2D eigenvalue weighted by atomic mass is 10.1. The molecule has 0 saturated heterocycles. The maximum Gasteiger partial charge on any atom is 0.246 e. The SMILES string of the molecule is CCc1cccc(NC(=O)CN=C(N)N(C)C2CC2)c1. The van der Waals surface area contributed by atoms with Crippen LogP contribution in [0, 0.1) is 0 Å². The highest BCUT2D eigenvalue weighted by Gasteiger charge is 2.27. The molecule has 1 saturated carbocycles. The van der Waals surface area contributed by atoms with E-state index in [1.807, 2.05) is 36.2 Å². The van der Waals surface area contributed by atoms with Crippen LogP contribution in [0.3, 0.4) is 0 Å². The number of hydrogen-bond donors (Lipinski definition) is 2. The van der Waals surface area contributed by atoms with Crippen LogP contribution in [0.25, 0.3) is 0 Å². The molecule has 1 aromatic rings. The van der Waals surface area contributed by atoms with E-state index >= 15 is 0 Å². The minimum absolute atomic E-state index is 0.0548. The van der Waals surface area contributed by atoms with Gasteiger partial charge in [0.15, 0.2) is 5.96 Å². The van der Waals surface area contributed by atoms with Crippen LogP contribution < -0.4 is 11.1 Å². The second-order valence-corrected chi connectivity index (χ2v) is 5.12. The Kier molecular flexibility index (Phi) is 4.61. The van der Waals surface area contributed by atoms with Gasteiger partial charge in [-0.3, -0.25) is 4.79 Å². The fourth-order valence-corrected chi connectivity index (χ4v) is 1.98. The summed E-state index contributed by atoms with van der Waals surface area (Å²) in [5.41, 5.74) is 7.84. The number of anilines is 1. The van der Waals surface area contributed by atoms with Gasteiger partial charge in [0.2, 0.25) is 5.91 Å². The van der Waals surface area contributed by atoms with Crippen LogP contribution in [0.5, 0.6) is 0 Å². The number of nitrogens with two attached hydrogens (primary N) is 1. The molecular weight excluding hydrogens is 252 g/mol. The minimum Gasteiger partial charge on any atom is -0.370 e. The average molecular weight is 274 g/mol. The first kappa shape index (κ1) is 14.4. The van der Waals surface area contributed by atoms with Gasteiger partial charge in [-0.1, -0.05) is 19.1 Å². The molecule has 1 aromatic carbocycles. The molecule has 0 unspecified atom stereocenters. The molecule has 20 heavy (non-hydrogen) atoms. The molecule has 3 N–H and O–H groups in total. The van der Waals surface area contributed by atoms with Crippen LogP contribution in [0.2, 0.25) is 0 Å². The molecule has 0 radical (unpaired) electrons. The molecule has 108 valence electrons. The summed E-state index contributed by atoms with van der Waals surface area (Å²) in [6.45, 7) is 2.14. The number of carbonyl (C=O) groups is 1. The molecule has 5 nitrogen and oxygen atoms in total. The van der Waals surface area contributed by atoms with E-state index in [-0.39, 0.29) is 12.5 Å². The predicted octanol–water partition coefficient (Wildman–Crippen LogP) is 1.60. The van der Waals surface area contributed by atoms with E-state index in [1.165, 1.54) is 5.56 Å². The number of nitrogens with zero attached hydrogens (tertiary/aromatic N) is 2. The van der Waals surface area contributed by atoms with Crippen LogP contribution in [-0.2, 0) is 11.2 Å². The molecule has 0 atom stereocenters. The van der Waals surface area contributed by atoms with E-state index in [2.05, 4.69) is 17.2 Å². The van der Waals surface area contributed by atoms with Gasteiger partial charge in [-0.05, 0) is 37.0 Å². The molecule has 0 aliphatic heterocycles. The van der Waals surface area contributed by atoms with Crippen molar-refractivity contribution in [3.8, 4) is 0 Å². The first-order valence-electron chi connectivity index (χ1n) is 7.01. The van der Waals surface area contributed by atoms with Crippen molar-refractivity contribution in [1.82, 2.24) is 4.90 Å². The Bertz CT molecular complexity index is 508. The van der Waals surface area contributed by atoms with E-state index in [0.717, 1.165) is 24.9 Å². The lowest BCUT2D eigenvalue weighted by Gasteiger charge is -2.16. The lowest BCUT2D eigenvalue weighted by molar-refractivity contribution is -0.114. The molecule has 2 rings (SSSR count). The van der Waals surface area contributed by atoms with Crippen LogP contribution in [0.15, 0.2) is 29.3 Å². The highest BCUT2D eigenvalue weighted by atomic mass is 16.1. The number of amides is 1. The van der Waals surface area contributed by atoms with Gasteiger partial charge in [0.25, 0.3) is 0 Å². The standard InChI is InChI=1S/C15H22N4O/c1-3-11-5-4-6-12(9-11)18-14(20)10-17-15(16)19(2)13-7-8-13/h4-6,9,13H,3,7-8,10H2,1-2H3,(H2,16,17)(H,18,20). The second-order valence-electron chi connectivity index (χ2n) is 5.12. The van der Waals surface area contributed by atoms with Crippen molar-refractivity contribution in [1.29, 1.82) is 0 Å². The monoisotopic (exact) mass is 274 g/mol. The number of hydrogen-bond acceptors (Lipinski definition) is 2. The Morgan fingerprint density at radius 2 is 2.25 bits per heavy atom. The summed E-state index contributed by atoms with van der Waals surface area (Å²) in [6, 6.07) is 8.33. The zero-order valence-electron chi connectivity index (χ0n) is 12.1. The van der Waals surface area contributed by atoms with Crippen molar-refractivity contribution in [2.24, 2.45) is 10.7 Å². The van der Waals surface area contributed by atoms with E-state index in [0.29, 0.717) is 12.0 Å². The van der Waals surface area contributed by atoms with Gasteiger partial charge in [0, 0.05) is 18.8 Å². The van der Waals surface area contributed by atoms with E-state index in [4.69, 9.17) is 5.73 Å². The number of nitrogens with one attached hydrogen (secondary N) is 1. The zero-order chi connectivity index (χ0) is 14.5. The number of benzene rings is 1. The Morgan fingerprint density at radius 1 is 1.50 bits per heavy atom. The number of aryl methyl sites for hydroxylation is 1. The zero-order valence-corrected chi connectivity index (χ0v) is 12.1. The third-order valence-corrected chi connectivity index (χ3v) is 3.46. The molecule has 1 aliphatic carbocycles. The van der Waals surface area contributed by atoms with Crippen molar-refractivity contribution in [2.75, 3.05) is 18.9 Å². The van der Waals surface area contributed by atoms with E-state index in [1.54, 1.807) is 0 Å².